The highest BCUT2D eigenvalue weighted by Crippen LogP contribution is 2.37. The van der Waals surface area contributed by atoms with E-state index in [2.05, 4.69) is 37.5 Å². The van der Waals surface area contributed by atoms with Gasteiger partial charge in [0.2, 0.25) is 5.82 Å². The first kappa shape index (κ1) is 18.7. The monoisotopic (exact) mass is 393 g/mol. The number of nitrogens with zero attached hydrogens (tertiary/aromatic N) is 6. The lowest BCUT2D eigenvalue weighted by Gasteiger charge is -2.13. The lowest BCUT2D eigenvalue weighted by molar-refractivity contribution is 0.309. The molecule has 0 fully saturated rings. The normalized spacial score (nSPS) is 11.0. The van der Waals surface area contributed by atoms with Crippen LogP contribution in [0.25, 0.3) is 34.0 Å². The summed E-state index contributed by atoms with van der Waals surface area (Å²) in [5, 5.41) is 14.1. The summed E-state index contributed by atoms with van der Waals surface area (Å²) in [6.45, 7) is 2.60. The second kappa shape index (κ2) is 8.17. The second-order valence-corrected chi connectivity index (χ2v) is 6.56. The van der Waals surface area contributed by atoms with E-state index >= 15 is 0 Å². The molecule has 0 bridgehead atoms. The average Bonchev–Trinajstić information content (AvgIpc) is 3.39. The third-order valence-corrected chi connectivity index (χ3v) is 4.50. The Kier molecular flexibility index (Phi) is 5.28. The van der Waals surface area contributed by atoms with Crippen molar-refractivity contribution in [3.8, 4) is 39.8 Å². The molecule has 0 saturated carbocycles. The molecular weight excluding hydrogens is 373 g/mol. The van der Waals surface area contributed by atoms with E-state index in [-0.39, 0.29) is 5.82 Å². The Hall–Kier alpha value is -3.62. The first-order valence-corrected chi connectivity index (χ1v) is 9.31. The number of imidazole rings is 1. The number of unbranched alkanes of at least 4 members (excludes halogenated alkanes) is 1. The molecule has 8 nitrogen and oxygen atoms in total. The average molecular weight is 393 g/mol. The van der Waals surface area contributed by atoms with Gasteiger partial charge >= 0.3 is 0 Å². The van der Waals surface area contributed by atoms with Crippen molar-refractivity contribution in [3.05, 3.63) is 48.7 Å². The van der Waals surface area contributed by atoms with Gasteiger partial charge in [0.05, 0.1) is 24.3 Å². The molecule has 4 aromatic rings. The van der Waals surface area contributed by atoms with Crippen molar-refractivity contribution in [3.63, 3.8) is 0 Å². The van der Waals surface area contributed by atoms with E-state index in [1.54, 1.807) is 24.7 Å². The van der Waals surface area contributed by atoms with Gasteiger partial charge in [-0.1, -0.05) is 13.3 Å². The van der Waals surface area contributed by atoms with Gasteiger partial charge < -0.3 is 9.30 Å². The summed E-state index contributed by atoms with van der Waals surface area (Å²) in [5.74, 6) is 0.607. The number of hydrogen-bond donors (Lipinski definition) is 1. The zero-order valence-corrected chi connectivity index (χ0v) is 16.1. The number of halogens is 1. The first-order chi connectivity index (χ1) is 14.2. The zero-order valence-electron chi connectivity index (χ0n) is 16.1. The van der Waals surface area contributed by atoms with Crippen molar-refractivity contribution in [1.29, 1.82) is 0 Å². The highest BCUT2D eigenvalue weighted by molar-refractivity contribution is 5.81. The Balaban J connectivity index is 1.79. The van der Waals surface area contributed by atoms with Gasteiger partial charge in [-0.15, -0.1) is 10.2 Å². The molecule has 0 atom stereocenters. The molecule has 29 heavy (non-hydrogen) atoms. The number of aryl methyl sites for hydroxylation is 1. The number of nitrogens with one attached hydrogen (secondary N) is 1. The van der Waals surface area contributed by atoms with Crippen LogP contribution in [0.5, 0.6) is 5.75 Å². The highest BCUT2D eigenvalue weighted by Gasteiger charge is 2.19. The Labute approximate surface area is 166 Å². The fraction of sp³-hybridized carbons (Fsp3) is 0.250. The van der Waals surface area contributed by atoms with Gasteiger partial charge in [0, 0.05) is 30.4 Å². The molecule has 148 valence electrons. The number of aromatic amines is 1. The molecule has 0 amide bonds. The molecule has 0 aliphatic rings. The van der Waals surface area contributed by atoms with Gasteiger partial charge in [-0.2, -0.15) is 5.21 Å². The van der Waals surface area contributed by atoms with E-state index < -0.39 is 0 Å². The molecule has 0 spiro atoms. The number of H-pyrrole nitrogens is 1. The van der Waals surface area contributed by atoms with Crippen LogP contribution in [0.15, 0.2) is 42.9 Å². The Morgan fingerprint density at radius 2 is 2.07 bits per heavy atom. The smallest absolute Gasteiger partial charge is 0.204 e. The lowest BCUT2D eigenvalue weighted by Crippen LogP contribution is -2.01. The Bertz CT molecular complexity index is 1110. The van der Waals surface area contributed by atoms with Crippen LogP contribution in [0.1, 0.15) is 19.8 Å². The second-order valence-electron chi connectivity index (χ2n) is 6.56. The maximum absolute atomic E-state index is 13.9. The van der Waals surface area contributed by atoms with Crippen LogP contribution in [0.2, 0.25) is 0 Å². The molecule has 0 radical (unpaired) electrons. The van der Waals surface area contributed by atoms with Crippen molar-refractivity contribution < 1.29 is 9.13 Å². The Morgan fingerprint density at radius 1 is 1.17 bits per heavy atom. The minimum absolute atomic E-state index is 0.346. The molecule has 1 aromatic carbocycles. The summed E-state index contributed by atoms with van der Waals surface area (Å²) in [6, 6.07) is 8.18. The van der Waals surface area contributed by atoms with Crippen LogP contribution in [0.4, 0.5) is 4.39 Å². The summed E-state index contributed by atoms with van der Waals surface area (Å²) in [4.78, 5) is 9.00. The topological polar surface area (TPSA) is 94.4 Å². The standard InChI is InChI=1S/C20H20FN7O/c1-3-4-9-29-17-11-14(21)5-6-15(17)19-18(23-12-28(19)2)16-10-13(7-8-22-16)20-24-26-27-25-20/h5-8,10-12H,3-4,9H2,1-2H3,(H,24,25,26,27). The molecule has 3 heterocycles. The maximum atomic E-state index is 13.9. The number of pyridine rings is 1. The maximum Gasteiger partial charge on any atom is 0.204 e. The first-order valence-electron chi connectivity index (χ1n) is 9.31. The predicted molar refractivity (Wildman–Crippen MR) is 105 cm³/mol. The third kappa shape index (κ3) is 3.84. The number of rotatable bonds is 7. The number of hydrogen-bond acceptors (Lipinski definition) is 6. The summed E-state index contributed by atoms with van der Waals surface area (Å²) >= 11 is 0. The van der Waals surface area contributed by atoms with Crippen LogP contribution < -0.4 is 4.74 Å². The molecule has 0 unspecified atom stereocenters. The van der Waals surface area contributed by atoms with Crippen molar-refractivity contribution >= 4 is 0 Å². The molecule has 4 rings (SSSR count). The van der Waals surface area contributed by atoms with Crippen molar-refractivity contribution in [2.45, 2.75) is 19.8 Å². The van der Waals surface area contributed by atoms with Gasteiger partial charge in [-0.05, 0) is 35.9 Å². The van der Waals surface area contributed by atoms with Crippen molar-refractivity contribution in [2.75, 3.05) is 6.61 Å². The molecule has 0 aliphatic heterocycles. The molecule has 1 N–H and O–H groups in total. The zero-order chi connectivity index (χ0) is 20.2. The van der Waals surface area contributed by atoms with Crippen molar-refractivity contribution in [2.24, 2.45) is 7.05 Å². The van der Waals surface area contributed by atoms with Crippen molar-refractivity contribution in [1.82, 2.24) is 35.2 Å². The molecule has 0 saturated heterocycles. The fourth-order valence-electron chi connectivity index (χ4n) is 3.06. The van der Waals surface area contributed by atoms with Gasteiger partial charge in [-0.3, -0.25) is 4.98 Å². The van der Waals surface area contributed by atoms with Crippen LogP contribution in [-0.2, 0) is 7.05 Å². The summed E-state index contributed by atoms with van der Waals surface area (Å²) in [6.07, 6.45) is 5.26. The van der Waals surface area contributed by atoms with Gasteiger partial charge in [0.25, 0.3) is 0 Å². The molecular formula is C20H20FN7O. The van der Waals surface area contributed by atoms with Crippen LogP contribution in [-0.4, -0.2) is 41.8 Å². The molecule has 9 heteroatoms. The fourth-order valence-corrected chi connectivity index (χ4v) is 3.06. The quantitative estimate of drug-likeness (QED) is 0.482. The van der Waals surface area contributed by atoms with Crippen LogP contribution >= 0.6 is 0 Å². The van der Waals surface area contributed by atoms with E-state index in [9.17, 15) is 4.39 Å². The van der Waals surface area contributed by atoms with E-state index in [0.717, 1.165) is 29.7 Å². The van der Waals surface area contributed by atoms with E-state index in [1.165, 1.54) is 12.1 Å². The predicted octanol–water partition coefficient (Wildman–Crippen LogP) is 3.65. The lowest BCUT2D eigenvalue weighted by atomic mass is 10.1. The van der Waals surface area contributed by atoms with E-state index in [0.29, 0.717) is 29.6 Å². The van der Waals surface area contributed by atoms with E-state index in [1.807, 2.05) is 17.7 Å². The van der Waals surface area contributed by atoms with Gasteiger partial charge in [0.1, 0.15) is 17.3 Å². The minimum Gasteiger partial charge on any atom is -0.493 e. The minimum atomic E-state index is -0.346. The largest absolute Gasteiger partial charge is 0.493 e. The van der Waals surface area contributed by atoms with Gasteiger partial charge in [0.15, 0.2) is 0 Å². The number of benzene rings is 1. The van der Waals surface area contributed by atoms with Crippen LogP contribution in [0.3, 0.4) is 0 Å². The van der Waals surface area contributed by atoms with Crippen LogP contribution in [0, 0.1) is 5.82 Å². The highest BCUT2D eigenvalue weighted by atomic mass is 19.1. The third-order valence-electron chi connectivity index (χ3n) is 4.50. The number of tetrazole rings is 1. The molecule has 3 aromatic heterocycles. The molecule has 0 aliphatic carbocycles. The summed E-state index contributed by atoms with van der Waals surface area (Å²) < 4.78 is 21.6. The van der Waals surface area contributed by atoms with Gasteiger partial charge in [-0.25, -0.2) is 9.37 Å². The SMILES string of the molecule is CCCCOc1cc(F)ccc1-c1c(-c2cc(-c3nn[nH]n3)ccn2)ncn1C. The number of ether oxygens (including phenoxy) is 1. The van der Waals surface area contributed by atoms with E-state index in [4.69, 9.17) is 4.74 Å². The number of aromatic nitrogens is 7. The summed E-state index contributed by atoms with van der Waals surface area (Å²) in [7, 11) is 1.88. The summed E-state index contributed by atoms with van der Waals surface area (Å²) in [5.41, 5.74) is 3.61. The Morgan fingerprint density at radius 3 is 2.86 bits per heavy atom.